The van der Waals surface area contributed by atoms with Crippen LogP contribution in [0.5, 0.6) is 0 Å². The zero-order chi connectivity index (χ0) is 23.6. The van der Waals surface area contributed by atoms with Gasteiger partial charge in [-0.05, 0) is 37.3 Å². The second-order valence-electron chi connectivity index (χ2n) is 7.43. The summed E-state index contributed by atoms with van der Waals surface area (Å²) in [5, 5.41) is 12.4. The van der Waals surface area contributed by atoms with E-state index in [1.807, 2.05) is 12.3 Å². The molecule has 33 heavy (non-hydrogen) atoms. The Hall–Kier alpha value is -2.81. The van der Waals surface area contributed by atoms with E-state index in [9.17, 15) is 13.2 Å². The first-order chi connectivity index (χ1) is 15.8. The van der Waals surface area contributed by atoms with Gasteiger partial charge in [-0.25, -0.2) is 15.0 Å². The minimum atomic E-state index is -4.65. The molecule has 12 heteroatoms. The Labute approximate surface area is 197 Å². The average Bonchev–Trinajstić information content (AvgIpc) is 3.28. The SMILES string of the molecule is CSN1CCC(Nc2ncc(C(F)(F)F)c(-c3cn(-c4ccc(C#N)cc4Cl)cn3)n2)CC1. The van der Waals surface area contributed by atoms with Crippen LogP contribution in [0.1, 0.15) is 24.0 Å². The summed E-state index contributed by atoms with van der Waals surface area (Å²) >= 11 is 7.91. The van der Waals surface area contributed by atoms with Gasteiger partial charge in [-0.1, -0.05) is 23.5 Å². The zero-order valence-electron chi connectivity index (χ0n) is 17.5. The monoisotopic (exact) mass is 493 g/mol. The van der Waals surface area contributed by atoms with Crippen LogP contribution in [0.15, 0.2) is 36.9 Å². The van der Waals surface area contributed by atoms with Crippen molar-refractivity contribution in [2.75, 3.05) is 24.7 Å². The minimum Gasteiger partial charge on any atom is -0.351 e. The third-order valence-corrected chi connectivity index (χ3v) is 6.50. The lowest BCUT2D eigenvalue weighted by Crippen LogP contribution is -2.35. The Morgan fingerprint density at radius 1 is 1.24 bits per heavy atom. The number of hydrogen-bond donors (Lipinski definition) is 1. The number of anilines is 1. The maximum atomic E-state index is 13.7. The summed E-state index contributed by atoms with van der Waals surface area (Å²) in [6.07, 6.45) is 2.62. The van der Waals surface area contributed by atoms with Crippen LogP contribution in [-0.2, 0) is 6.18 Å². The summed E-state index contributed by atoms with van der Waals surface area (Å²) in [4.78, 5) is 12.2. The van der Waals surface area contributed by atoms with Gasteiger partial charge in [-0.15, -0.1) is 0 Å². The predicted molar refractivity (Wildman–Crippen MR) is 121 cm³/mol. The van der Waals surface area contributed by atoms with Gasteiger partial charge in [-0.2, -0.15) is 18.4 Å². The molecule has 3 heterocycles. The Morgan fingerprint density at radius 2 is 2.00 bits per heavy atom. The number of rotatable bonds is 5. The van der Waals surface area contributed by atoms with Crippen molar-refractivity contribution in [3.63, 3.8) is 0 Å². The van der Waals surface area contributed by atoms with E-state index in [1.54, 1.807) is 24.1 Å². The first kappa shape index (κ1) is 23.4. The van der Waals surface area contributed by atoms with Crippen LogP contribution in [0.3, 0.4) is 0 Å². The van der Waals surface area contributed by atoms with Crippen molar-refractivity contribution >= 4 is 29.5 Å². The Kier molecular flexibility index (Phi) is 6.78. The summed E-state index contributed by atoms with van der Waals surface area (Å²) < 4.78 is 44.8. The molecule has 1 fully saturated rings. The summed E-state index contributed by atoms with van der Waals surface area (Å²) in [6.45, 7) is 1.75. The number of nitrogens with one attached hydrogen (secondary N) is 1. The number of imidazole rings is 1. The molecule has 1 saturated heterocycles. The van der Waals surface area contributed by atoms with E-state index in [0.717, 1.165) is 32.1 Å². The van der Waals surface area contributed by atoms with Crippen LogP contribution in [-0.4, -0.2) is 49.2 Å². The Balaban J connectivity index is 1.65. The van der Waals surface area contributed by atoms with Gasteiger partial charge in [0, 0.05) is 31.5 Å². The molecule has 1 N–H and O–H groups in total. The fourth-order valence-electron chi connectivity index (χ4n) is 3.58. The number of aromatic nitrogens is 4. The van der Waals surface area contributed by atoms with Gasteiger partial charge in [0.25, 0.3) is 0 Å². The molecule has 172 valence electrons. The standard InChI is InChI=1S/C21H19ClF3N7S/c1-33-32-6-4-14(5-7-32)29-20-27-10-15(21(23,24)25)19(30-20)17-11-31(12-28-17)18-3-2-13(9-26)8-16(18)22/h2-3,8,10-12,14H,4-7H2,1H3,(H,27,29,30). The number of nitrogens with zero attached hydrogens (tertiary/aromatic N) is 6. The second kappa shape index (κ2) is 9.59. The molecular formula is C21H19ClF3N7S. The highest BCUT2D eigenvalue weighted by atomic mass is 35.5. The van der Waals surface area contributed by atoms with Crippen LogP contribution in [0.2, 0.25) is 5.02 Å². The van der Waals surface area contributed by atoms with Crippen LogP contribution < -0.4 is 5.32 Å². The van der Waals surface area contributed by atoms with Crippen molar-refractivity contribution in [2.45, 2.75) is 25.1 Å². The number of alkyl halides is 3. The quantitative estimate of drug-likeness (QED) is 0.499. The summed E-state index contributed by atoms with van der Waals surface area (Å²) in [5.41, 5.74) is -0.397. The van der Waals surface area contributed by atoms with E-state index in [2.05, 4.69) is 24.6 Å². The molecular weight excluding hydrogens is 475 g/mol. The molecule has 0 unspecified atom stereocenters. The number of hydrogen-bond acceptors (Lipinski definition) is 7. The third-order valence-electron chi connectivity index (χ3n) is 5.32. The Morgan fingerprint density at radius 3 is 2.64 bits per heavy atom. The molecule has 0 saturated carbocycles. The summed E-state index contributed by atoms with van der Waals surface area (Å²) in [5.74, 6) is 0.131. The lowest BCUT2D eigenvalue weighted by atomic mass is 10.1. The topological polar surface area (TPSA) is 82.7 Å². The van der Waals surface area contributed by atoms with Crippen molar-refractivity contribution in [2.24, 2.45) is 0 Å². The lowest BCUT2D eigenvalue weighted by molar-refractivity contribution is -0.137. The first-order valence-electron chi connectivity index (χ1n) is 10.0. The maximum Gasteiger partial charge on any atom is 0.420 e. The van der Waals surface area contributed by atoms with Crippen LogP contribution in [0.4, 0.5) is 19.1 Å². The molecule has 0 atom stereocenters. The molecule has 1 aliphatic rings. The number of nitriles is 1. The Bertz CT molecular complexity index is 1180. The van der Waals surface area contributed by atoms with E-state index in [0.29, 0.717) is 11.3 Å². The molecule has 0 spiro atoms. The second-order valence-corrected chi connectivity index (χ2v) is 8.72. The zero-order valence-corrected chi connectivity index (χ0v) is 19.0. The van der Waals surface area contributed by atoms with Gasteiger partial charge in [0.1, 0.15) is 23.3 Å². The molecule has 0 amide bonds. The molecule has 1 aliphatic heterocycles. The van der Waals surface area contributed by atoms with Crippen molar-refractivity contribution in [3.8, 4) is 23.1 Å². The smallest absolute Gasteiger partial charge is 0.351 e. The fraction of sp³-hybridized carbons (Fsp3) is 0.333. The van der Waals surface area contributed by atoms with E-state index in [-0.39, 0.29) is 28.4 Å². The fourth-order valence-corrected chi connectivity index (χ4v) is 4.44. The van der Waals surface area contributed by atoms with Crippen molar-refractivity contribution < 1.29 is 13.2 Å². The lowest BCUT2D eigenvalue weighted by Gasteiger charge is -2.30. The maximum absolute atomic E-state index is 13.7. The third kappa shape index (κ3) is 5.24. The molecule has 4 rings (SSSR count). The van der Waals surface area contributed by atoms with Gasteiger partial charge in [-0.3, -0.25) is 4.31 Å². The number of piperidine rings is 1. The minimum absolute atomic E-state index is 0.0328. The van der Waals surface area contributed by atoms with Crippen LogP contribution in [0, 0.1) is 11.3 Å². The van der Waals surface area contributed by atoms with Crippen molar-refractivity contribution in [1.82, 2.24) is 23.8 Å². The highest BCUT2D eigenvalue weighted by Gasteiger charge is 2.36. The number of halogens is 4. The van der Waals surface area contributed by atoms with E-state index >= 15 is 0 Å². The van der Waals surface area contributed by atoms with Crippen molar-refractivity contribution in [3.05, 3.63) is 53.1 Å². The largest absolute Gasteiger partial charge is 0.420 e. The molecule has 1 aromatic carbocycles. The van der Waals surface area contributed by atoms with Crippen LogP contribution in [0.25, 0.3) is 17.1 Å². The summed E-state index contributed by atoms with van der Waals surface area (Å²) in [7, 11) is 0. The van der Waals surface area contributed by atoms with E-state index in [4.69, 9.17) is 16.9 Å². The summed E-state index contributed by atoms with van der Waals surface area (Å²) in [6, 6.07) is 6.71. The predicted octanol–water partition coefficient (Wildman–Crippen LogP) is 5.03. The average molecular weight is 494 g/mol. The van der Waals surface area contributed by atoms with Gasteiger partial charge >= 0.3 is 6.18 Å². The molecule has 0 aliphatic carbocycles. The van der Waals surface area contributed by atoms with E-state index in [1.165, 1.54) is 23.2 Å². The molecule has 3 aromatic rings. The number of benzene rings is 1. The molecule has 0 bridgehead atoms. The normalized spacial score (nSPS) is 15.4. The highest BCUT2D eigenvalue weighted by Crippen LogP contribution is 2.36. The molecule has 2 aromatic heterocycles. The molecule has 7 nitrogen and oxygen atoms in total. The van der Waals surface area contributed by atoms with Crippen molar-refractivity contribution in [1.29, 1.82) is 5.26 Å². The first-order valence-corrected chi connectivity index (χ1v) is 11.6. The van der Waals surface area contributed by atoms with Crippen LogP contribution >= 0.6 is 23.5 Å². The van der Waals surface area contributed by atoms with Gasteiger partial charge < -0.3 is 9.88 Å². The van der Waals surface area contributed by atoms with Gasteiger partial charge in [0.2, 0.25) is 5.95 Å². The highest BCUT2D eigenvalue weighted by molar-refractivity contribution is 7.96. The van der Waals surface area contributed by atoms with Gasteiger partial charge in [0.05, 0.1) is 22.3 Å². The molecule has 0 radical (unpaired) electrons. The van der Waals surface area contributed by atoms with E-state index < -0.39 is 11.7 Å². The van der Waals surface area contributed by atoms with Gasteiger partial charge in [0.15, 0.2) is 0 Å².